The van der Waals surface area contributed by atoms with E-state index in [0.29, 0.717) is 0 Å². The first kappa shape index (κ1) is 8.50. The second-order valence-corrected chi connectivity index (χ2v) is 4.60. The Morgan fingerprint density at radius 3 is 2.80 bits per heavy atom. The molecular weight excluding hydrogens is 239 g/mol. The Hall–Kier alpha value is 0.400. The smallest absolute Gasteiger partial charge is 0.218 e. The van der Waals surface area contributed by atoms with E-state index in [1.54, 1.807) is 6.21 Å². The molecule has 1 aliphatic rings. The van der Waals surface area contributed by atoms with Crippen LogP contribution in [-0.2, 0) is 0 Å². The summed E-state index contributed by atoms with van der Waals surface area (Å²) in [5.74, 6) is 0. The van der Waals surface area contributed by atoms with Gasteiger partial charge >= 0.3 is 0 Å². The van der Waals surface area contributed by atoms with Crippen molar-refractivity contribution in [2.24, 2.45) is 9.98 Å². The van der Waals surface area contributed by atoms with Crippen molar-refractivity contribution in [3.8, 4) is 0 Å². The van der Waals surface area contributed by atoms with Gasteiger partial charge in [0.25, 0.3) is 0 Å². The third-order valence-electron chi connectivity index (χ3n) is 1.11. The minimum atomic E-state index is -0.377. The van der Waals surface area contributed by atoms with Crippen LogP contribution in [0, 0.1) is 0 Å². The lowest BCUT2D eigenvalue weighted by atomic mass is 10.2. The van der Waals surface area contributed by atoms with Gasteiger partial charge in [0.2, 0.25) is 5.29 Å². The molecule has 0 aromatic rings. The van der Waals surface area contributed by atoms with E-state index >= 15 is 0 Å². The van der Waals surface area contributed by atoms with Crippen molar-refractivity contribution in [2.45, 2.75) is 16.7 Å². The minimum Gasteiger partial charge on any atom is -0.235 e. The van der Waals surface area contributed by atoms with Gasteiger partial charge in [-0.15, -0.1) is 0 Å². The van der Waals surface area contributed by atoms with Gasteiger partial charge in [-0.3, -0.25) is 0 Å². The summed E-state index contributed by atoms with van der Waals surface area (Å²) in [6, 6.07) is 0. The van der Waals surface area contributed by atoms with E-state index in [9.17, 15) is 0 Å². The molecule has 10 heavy (non-hydrogen) atoms. The number of halogens is 3. The van der Waals surface area contributed by atoms with Gasteiger partial charge in [0.05, 0.1) is 4.32 Å². The van der Waals surface area contributed by atoms with E-state index in [2.05, 4.69) is 25.9 Å². The molecule has 0 saturated heterocycles. The number of rotatable bonds is 0. The first-order chi connectivity index (χ1) is 4.52. The Balaban J connectivity index is 2.84. The summed E-state index contributed by atoms with van der Waals surface area (Å²) in [7, 11) is 0. The zero-order chi connectivity index (χ0) is 7.78. The summed E-state index contributed by atoms with van der Waals surface area (Å²) in [6.45, 7) is 1.88. The van der Waals surface area contributed by atoms with Crippen LogP contribution < -0.4 is 0 Å². The average Bonchev–Trinajstić information content (AvgIpc) is 1.81. The first-order valence-corrected chi connectivity index (χ1v) is 4.24. The molecule has 0 aromatic heterocycles. The quantitative estimate of drug-likeness (QED) is 0.461. The molecule has 1 unspecified atom stereocenters. The van der Waals surface area contributed by atoms with Crippen LogP contribution in [0.1, 0.15) is 6.92 Å². The molecule has 1 rings (SSSR count). The standard InChI is InChI=1S/C5H5BrCl2N2/c1-5(6)2-9-4(8)10-3(5)7/h2-3H,1H3/t3?,5-/m1/s1. The SMILES string of the molecule is C[C@@]1(Br)C=NC(Cl)=NC1Cl. The normalized spacial score (nSPS) is 39.6. The van der Waals surface area contributed by atoms with Crippen molar-refractivity contribution in [3.05, 3.63) is 0 Å². The van der Waals surface area contributed by atoms with Gasteiger partial charge in [-0.05, 0) is 18.5 Å². The molecular formula is C5H5BrCl2N2. The van der Waals surface area contributed by atoms with Crippen LogP contribution in [0.15, 0.2) is 9.98 Å². The highest BCUT2D eigenvalue weighted by atomic mass is 79.9. The second-order valence-electron chi connectivity index (χ2n) is 2.14. The maximum absolute atomic E-state index is 5.79. The van der Waals surface area contributed by atoms with Gasteiger partial charge in [-0.1, -0.05) is 27.5 Å². The number of hydrogen-bond donors (Lipinski definition) is 0. The number of hydrogen-bond acceptors (Lipinski definition) is 2. The van der Waals surface area contributed by atoms with E-state index in [-0.39, 0.29) is 15.1 Å². The maximum atomic E-state index is 5.79. The summed E-state index contributed by atoms with van der Waals surface area (Å²) in [6.07, 6.45) is 1.64. The Labute approximate surface area is 77.5 Å². The fraction of sp³-hybridized carbons (Fsp3) is 0.600. The maximum Gasteiger partial charge on any atom is 0.218 e. The molecule has 0 N–H and O–H groups in total. The zero-order valence-electron chi connectivity index (χ0n) is 5.18. The van der Waals surface area contributed by atoms with E-state index in [1.807, 2.05) is 6.92 Å². The highest BCUT2D eigenvalue weighted by Crippen LogP contribution is 2.28. The fourth-order valence-electron chi connectivity index (χ4n) is 0.494. The lowest BCUT2D eigenvalue weighted by Crippen LogP contribution is -2.32. The third-order valence-corrected chi connectivity index (χ3v) is 2.76. The van der Waals surface area contributed by atoms with Crippen LogP contribution >= 0.6 is 39.1 Å². The largest absolute Gasteiger partial charge is 0.235 e. The molecule has 0 saturated carbocycles. The second kappa shape index (κ2) is 2.80. The van der Waals surface area contributed by atoms with Gasteiger partial charge in [0.1, 0.15) is 5.50 Å². The minimum absolute atomic E-state index is 0.205. The molecule has 1 aliphatic heterocycles. The summed E-state index contributed by atoms with van der Waals surface area (Å²) in [5, 5.41) is 0.205. The van der Waals surface area contributed by atoms with Crippen LogP contribution in [0.2, 0.25) is 0 Å². The van der Waals surface area contributed by atoms with Crippen LogP contribution in [0.5, 0.6) is 0 Å². The first-order valence-electron chi connectivity index (χ1n) is 2.64. The van der Waals surface area contributed by atoms with Gasteiger partial charge < -0.3 is 0 Å². The Kier molecular flexibility index (Phi) is 2.38. The van der Waals surface area contributed by atoms with Gasteiger partial charge in [-0.2, -0.15) is 0 Å². The Morgan fingerprint density at radius 2 is 2.40 bits per heavy atom. The lowest BCUT2D eigenvalue weighted by Gasteiger charge is -2.22. The molecule has 1 heterocycles. The van der Waals surface area contributed by atoms with Crippen LogP contribution in [-0.4, -0.2) is 21.3 Å². The molecule has 2 nitrogen and oxygen atoms in total. The molecule has 0 aromatic carbocycles. The number of amidine groups is 1. The molecule has 2 atom stereocenters. The van der Waals surface area contributed by atoms with Gasteiger partial charge in [-0.25, -0.2) is 9.98 Å². The summed E-state index contributed by atoms with van der Waals surface area (Å²) in [5.41, 5.74) is -0.377. The van der Waals surface area contributed by atoms with Crippen molar-refractivity contribution in [1.82, 2.24) is 0 Å². The average molecular weight is 244 g/mol. The molecule has 0 aliphatic carbocycles. The molecule has 0 radical (unpaired) electrons. The molecule has 0 amide bonds. The third kappa shape index (κ3) is 1.71. The topological polar surface area (TPSA) is 24.7 Å². The molecule has 5 heteroatoms. The summed E-state index contributed by atoms with van der Waals surface area (Å²) in [4.78, 5) is 7.63. The zero-order valence-corrected chi connectivity index (χ0v) is 8.28. The lowest BCUT2D eigenvalue weighted by molar-refractivity contribution is 0.795. The van der Waals surface area contributed by atoms with Crippen molar-refractivity contribution in [1.29, 1.82) is 0 Å². The van der Waals surface area contributed by atoms with Crippen molar-refractivity contribution in [3.63, 3.8) is 0 Å². The van der Waals surface area contributed by atoms with Crippen molar-refractivity contribution < 1.29 is 0 Å². The number of aliphatic imine (C=N–C) groups is 2. The predicted octanol–water partition coefficient (Wildman–Crippen LogP) is 2.38. The van der Waals surface area contributed by atoms with Crippen LogP contribution in [0.4, 0.5) is 0 Å². The highest BCUT2D eigenvalue weighted by Gasteiger charge is 2.30. The van der Waals surface area contributed by atoms with Crippen LogP contribution in [0.3, 0.4) is 0 Å². The molecule has 0 fully saturated rings. The van der Waals surface area contributed by atoms with Crippen LogP contribution in [0.25, 0.3) is 0 Å². The fourth-order valence-corrected chi connectivity index (χ4v) is 1.04. The monoisotopic (exact) mass is 242 g/mol. The Morgan fingerprint density at radius 1 is 1.80 bits per heavy atom. The number of nitrogens with zero attached hydrogens (tertiary/aromatic N) is 2. The highest BCUT2D eigenvalue weighted by molar-refractivity contribution is 9.10. The number of alkyl halides is 2. The Bertz CT molecular complexity index is 200. The molecule has 0 bridgehead atoms. The van der Waals surface area contributed by atoms with E-state index in [0.717, 1.165) is 0 Å². The van der Waals surface area contributed by atoms with Crippen molar-refractivity contribution >= 4 is 50.6 Å². The van der Waals surface area contributed by atoms with Gasteiger partial charge in [0.15, 0.2) is 0 Å². The molecule has 0 spiro atoms. The summed E-state index contributed by atoms with van der Waals surface area (Å²) < 4.78 is -0.368. The van der Waals surface area contributed by atoms with E-state index in [1.165, 1.54) is 0 Å². The van der Waals surface area contributed by atoms with Crippen molar-refractivity contribution in [2.75, 3.05) is 0 Å². The van der Waals surface area contributed by atoms with E-state index < -0.39 is 0 Å². The predicted molar refractivity (Wildman–Crippen MR) is 48.8 cm³/mol. The van der Waals surface area contributed by atoms with Gasteiger partial charge in [0, 0.05) is 6.21 Å². The van der Waals surface area contributed by atoms with E-state index in [4.69, 9.17) is 23.2 Å². The molecule has 56 valence electrons. The summed E-state index contributed by atoms with van der Waals surface area (Å²) >= 11 is 14.6.